The third-order valence-corrected chi connectivity index (χ3v) is 3.22. The second kappa shape index (κ2) is 5.03. The molecule has 0 aliphatic carbocycles. The summed E-state index contributed by atoms with van der Waals surface area (Å²) >= 11 is 5.93. The Balaban J connectivity index is 1.99. The molecule has 0 aliphatic heterocycles. The molecule has 1 aromatic heterocycles. The van der Waals surface area contributed by atoms with E-state index < -0.39 is 0 Å². The smallest absolute Gasteiger partial charge is 0.227 e. The SMILES string of the molecule is NCCc1ccc(-c2nc3ccc(Cl)cc3o2)cc1. The van der Waals surface area contributed by atoms with Crippen LogP contribution in [0.15, 0.2) is 46.9 Å². The zero-order valence-corrected chi connectivity index (χ0v) is 11.0. The predicted molar refractivity (Wildman–Crippen MR) is 77.2 cm³/mol. The summed E-state index contributed by atoms with van der Waals surface area (Å²) in [5.41, 5.74) is 9.21. The Bertz CT molecular complexity index is 704. The number of nitrogens with zero attached hydrogens (tertiary/aromatic N) is 1. The van der Waals surface area contributed by atoms with Gasteiger partial charge in [-0.05, 0) is 42.8 Å². The first-order valence-corrected chi connectivity index (χ1v) is 6.49. The molecule has 3 aromatic rings. The van der Waals surface area contributed by atoms with Crippen LogP contribution >= 0.6 is 11.6 Å². The van der Waals surface area contributed by atoms with Crippen LogP contribution in [0, 0.1) is 0 Å². The summed E-state index contributed by atoms with van der Waals surface area (Å²) in [6.07, 6.45) is 0.878. The third kappa shape index (κ3) is 2.48. The summed E-state index contributed by atoms with van der Waals surface area (Å²) in [4.78, 5) is 4.45. The first-order chi connectivity index (χ1) is 9.26. The van der Waals surface area contributed by atoms with Gasteiger partial charge in [-0.15, -0.1) is 0 Å². The van der Waals surface area contributed by atoms with Gasteiger partial charge in [-0.25, -0.2) is 4.98 Å². The summed E-state index contributed by atoms with van der Waals surface area (Å²) < 4.78 is 5.71. The lowest BCUT2D eigenvalue weighted by Crippen LogP contribution is -2.02. The van der Waals surface area contributed by atoms with Crippen LogP contribution in [-0.2, 0) is 6.42 Å². The Morgan fingerprint density at radius 3 is 2.63 bits per heavy atom. The lowest BCUT2D eigenvalue weighted by atomic mass is 10.1. The Hall–Kier alpha value is -1.84. The molecule has 0 saturated heterocycles. The van der Waals surface area contributed by atoms with E-state index in [2.05, 4.69) is 4.98 Å². The minimum atomic E-state index is 0.608. The number of rotatable bonds is 3. The van der Waals surface area contributed by atoms with E-state index in [1.54, 1.807) is 12.1 Å². The van der Waals surface area contributed by atoms with Crippen LogP contribution in [0.25, 0.3) is 22.6 Å². The maximum absolute atomic E-state index is 5.93. The maximum Gasteiger partial charge on any atom is 0.227 e. The first-order valence-electron chi connectivity index (χ1n) is 6.12. The van der Waals surface area contributed by atoms with Crippen molar-refractivity contribution in [2.45, 2.75) is 6.42 Å². The number of aromatic nitrogens is 1. The van der Waals surface area contributed by atoms with Crippen molar-refractivity contribution in [2.75, 3.05) is 6.54 Å². The second-order valence-electron chi connectivity index (χ2n) is 4.37. The van der Waals surface area contributed by atoms with Crippen LogP contribution in [0.1, 0.15) is 5.56 Å². The summed E-state index contributed by atoms with van der Waals surface area (Å²) in [7, 11) is 0. The number of fused-ring (bicyclic) bond motifs is 1. The van der Waals surface area contributed by atoms with Crippen molar-refractivity contribution in [1.29, 1.82) is 0 Å². The van der Waals surface area contributed by atoms with E-state index >= 15 is 0 Å². The average Bonchev–Trinajstić information content (AvgIpc) is 2.83. The average molecular weight is 273 g/mol. The van der Waals surface area contributed by atoms with E-state index in [0.29, 0.717) is 23.0 Å². The van der Waals surface area contributed by atoms with Crippen molar-refractivity contribution in [2.24, 2.45) is 5.73 Å². The zero-order chi connectivity index (χ0) is 13.2. The molecule has 4 heteroatoms. The number of hydrogen-bond acceptors (Lipinski definition) is 3. The van der Waals surface area contributed by atoms with Crippen LogP contribution in [0.2, 0.25) is 5.02 Å². The van der Waals surface area contributed by atoms with Crippen LogP contribution in [0.5, 0.6) is 0 Å². The molecular weight excluding hydrogens is 260 g/mol. The van der Waals surface area contributed by atoms with Gasteiger partial charge in [-0.1, -0.05) is 23.7 Å². The van der Waals surface area contributed by atoms with Crippen LogP contribution in [0.3, 0.4) is 0 Å². The van der Waals surface area contributed by atoms with Gasteiger partial charge >= 0.3 is 0 Å². The molecule has 3 nitrogen and oxygen atoms in total. The van der Waals surface area contributed by atoms with Crippen molar-refractivity contribution in [1.82, 2.24) is 4.98 Å². The highest BCUT2D eigenvalue weighted by Gasteiger charge is 2.08. The van der Waals surface area contributed by atoms with Gasteiger partial charge in [0.25, 0.3) is 0 Å². The van der Waals surface area contributed by atoms with E-state index in [1.165, 1.54) is 5.56 Å². The third-order valence-electron chi connectivity index (χ3n) is 2.98. The predicted octanol–water partition coefficient (Wildman–Crippen LogP) is 3.65. The topological polar surface area (TPSA) is 52.0 Å². The summed E-state index contributed by atoms with van der Waals surface area (Å²) in [5.74, 6) is 0.608. The monoisotopic (exact) mass is 272 g/mol. The molecule has 1 heterocycles. The van der Waals surface area contributed by atoms with E-state index in [0.717, 1.165) is 17.5 Å². The molecule has 19 heavy (non-hydrogen) atoms. The van der Waals surface area contributed by atoms with Gasteiger partial charge in [0, 0.05) is 16.7 Å². The molecular formula is C15H13ClN2O. The Morgan fingerprint density at radius 2 is 1.89 bits per heavy atom. The quantitative estimate of drug-likeness (QED) is 0.792. The van der Waals surface area contributed by atoms with Crippen LogP contribution in [0.4, 0.5) is 0 Å². The van der Waals surface area contributed by atoms with Crippen molar-refractivity contribution in [3.8, 4) is 11.5 Å². The van der Waals surface area contributed by atoms with Gasteiger partial charge in [0.2, 0.25) is 5.89 Å². The number of nitrogens with two attached hydrogens (primary N) is 1. The van der Waals surface area contributed by atoms with Crippen LogP contribution in [-0.4, -0.2) is 11.5 Å². The summed E-state index contributed by atoms with van der Waals surface area (Å²) in [6.45, 7) is 0.654. The second-order valence-corrected chi connectivity index (χ2v) is 4.80. The van der Waals surface area contributed by atoms with Gasteiger partial charge in [0.05, 0.1) is 0 Å². The molecule has 2 aromatic carbocycles. The van der Waals surface area contributed by atoms with Crippen molar-refractivity contribution in [3.63, 3.8) is 0 Å². The van der Waals surface area contributed by atoms with E-state index in [4.69, 9.17) is 21.8 Å². The summed E-state index contributed by atoms with van der Waals surface area (Å²) in [5, 5.41) is 0.647. The Kier molecular flexibility index (Phi) is 3.23. The Labute approximate surface area is 116 Å². The molecule has 0 spiro atoms. The minimum absolute atomic E-state index is 0.608. The molecule has 0 amide bonds. The van der Waals surface area contributed by atoms with Gasteiger partial charge in [0.1, 0.15) is 5.52 Å². The maximum atomic E-state index is 5.93. The number of halogens is 1. The highest BCUT2D eigenvalue weighted by atomic mass is 35.5. The fourth-order valence-electron chi connectivity index (χ4n) is 2.00. The van der Waals surface area contributed by atoms with E-state index in [1.807, 2.05) is 30.3 Å². The molecule has 0 aliphatic rings. The molecule has 0 fully saturated rings. The molecule has 0 radical (unpaired) electrons. The highest BCUT2D eigenvalue weighted by molar-refractivity contribution is 6.31. The standard InChI is InChI=1S/C15H13ClN2O/c16-12-5-6-13-14(9-12)19-15(18-13)11-3-1-10(2-4-11)7-8-17/h1-6,9H,7-8,17H2. The lowest BCUT2D eigenvalue weighted by molar-refractivity contribution is 0.620. The van der Waals surface area contributed by atoms with Crippen molar-refractivity contribution in [3.05, 3.63) is 53.1 Å². The highest BCUT2D eigenvalue weighted by Crippen LogP contribution is 2.26. The minimum Gasteiger partial charge on any atom is -0.436 e. The molecule has 0 unspecified atom stereocenters. The normalized spacial score (nSPS) is 11.1. The molecule has 96 valence electrons. The number of hydrogen-bond donors (Lipinski definition) is 1. The number of oxazole rings is 1. The van der Waals surface area contributed by atoms with Crippen LogP contribution < -0.4 is 5.73 Å². The lowest BCUT2D eigenvalue weighted by Gasteiger charge is -1.99. The Morgan fingerprint density at radius 1 is 1.11 bits per heavy atom. The molecule has 0 bridgehead atoms. The molecule has 0 atom stereocenters. The van der Waals surface area contributed by atoms with Crippen molar-refractivity contribution < 1.29 is 4.42 Å². The van der Waals surface area contributed by atoms with Gasteiger partial charge in [-0.2, -0.15) is 0 Å². The zero-order valence-electron chi connectivity index (χ0n) is 10.3. The van der Waals surface area contributed by atoms with E-state index in [-0.39, 0.29) is 0 Å². The van der Waals surface area contributed by atoms with Gasteiger partial charge in [-0.3, -0.25) is 0 Å². The van der Waals surface area contributed by atoms with Crippen molar-refractivity contribution >= 4 is 22.7 Å². The molecule has 3 rings (SSSR count). The molecule has 0 saturated carbocycles. The van der Waals surface area contributed by atoms with Gasteiger partial charge < -0.3 is 10.2 Å². The largest absolute Gasteiger partial charge is 0.436 e. The van der Waals surface area contributed by atoms with E-state index in [9.17, 15) is 0 Å². The first kappa shape index (κ1) is 12.2. The molecule has 2 N–H and O–H groups in total. The fraction of sp³-hybridized carbons (Fsp3) is 0.133. The fourth-order valence-corrected chi connectivity index (χ4v) is 2.16. The number of benzene rings is 2. The van der Waals surface area contributed by atoms with Gasteiger partial charge in [0.15, 0.2) is 5.58 Å². The summed E-state index contributed by atoms with van der Waals surface area (Å²) in [6, 6.07) is 13.5.